The van der Waals surface area contributed by atoms with E-state index < -0.39 is 0 Å². The van der Waals surface area contributed by atoms with Gasteiger partial charge in [-0.25, -0.2) is 4.79 Å². The first-order valence-electron chi connectivity index (χ1n) is 6.60. The van der Waals surface area contributed by atoms with Gasteiger partial charge in [0.1, 0.15) is 4.70 Å². The molecule has 104 valence electrons. The first kappa shape index (κ1) is 14.0. The van der Waals surface area contributed by atoms with Gasteiger partial charge < -0.3 is 9.88 Å². The largest absolute Gasteiger partial charge is 0.328 e. The molecule has 1 N–H and O–H groups in total. The number of nitrogens with one attached hydrogen (secondary N) is 1. The molecule has 2 rings (SSSR count). The molecule has 0 aliphatic carbocycles. The van der Waals surface area contributed by atoms with Crippen LogP contribution < -0.4 is 11.2 Å². The van der Waals surface area contributed by atoms with Crippen molar-refractivity contribution in [1.82, 2.24) is 14.5 Å². The smallest absolute Gasteiger partial charge is 0.306 e. The van der Waals surface area contributed by atoms with Crippen LogP contribution in [0.4, 0.5) is 0 Å². The summed E-state index contributed by atoms with van der Waals surface area (Å²) >= 11 is 1.37. The lowest BCUT2D eigenvalue weighted by molar-refractivity contribution is 0.292. The third-order valence-corrected chi connectivity index (χ3v) is 4.24. The van der Waals surface area contributed by atoms with E-state index in [1.807, 2.05) is 5.38 Å². The van der Waals surface area contributed by atoms with Gasteiger partial charge >= 0.3 is 5.69 Å². The molecule has 0 bridgehead atoms. The van der Waals surface area contributed by atoms with Crippen LogP contribution in [0.3, 0.4) is 0 Å². The number of thiophene rings is 1. The van der Waals surface area contributed by atoms with Crippen LogP contribution >= 0.6 is 11.3 Å². The van der Waals surface area contributed by atoms with Crippen LogP contribution in [0, 0.1) is 0 Å². The molecule has 0 aliphatic heterocycles. The summed E-state index contributed by atoms with van der Waals surface area (Å²) in [6.07, 6.45) is 0.807. The minimum absolute atomic E-state index is 0.173. The monoisotopic (exact) mass is 281 g/mol. The lowest BCUT2D eigenvalue weighted by atomic mass is 10.3. The summed E-state index contributed by atoms with van der Waals surface area (Å²) < 4.78 is 1.94. The fraction of sp³-hybridized carbons (Fsp3) is 0.538. The number of H-pyrrole nitrogens is 1. The maximum atomic E-state index is 12.2. The average molecular weight is 281 g/mol. The molecule has 19 heavy (non-hydrogen) atoms. The topological polar surface area (TPSA) is 58.1 Å². The Balaban J connectivity index is 2.16. The summed E-state index contributed by atoms with van der Waals surface area (Å²) in [6.45, 7) is 7.58. The van der Waals surface area contributed by atoms with E-state index in [-0.39, 0.29) is 11.2 Å². The summed E-state index contributed by atoms with van der Waals surface area (Å²) in [5, 5.41) is 1.82. The predicted molar refractivity (Wildman–Crippen MR) is 79.1 cm³/mol. The Bertz CT molecular complexity index is 652. The standard InChI is InChI=1S/C13H19N3O2S/c1-3-15(4-2)7-5-8-16-12(17)11-10(6-9-19-11)14-13(16)18/h6,9H,3-5,7-8H2,1-2H3,(H,14,18). The molecular formula is C13H19N3O2S. The van der Waals surface area contributed by atoms with Crippen LogP contribution in [-0.4, -0.2) is 34.1 Å². The number of rotatable bonds is 6. The van der Waals surface area contributed by atoms with E-state index in [0.29, 0.717) is 16.8 Å². The van der Waals surface area contributed by atoms with Gasteiger partial charge in [0, 0.05) is 6.54 Å². The van der Waals surface area contributed by atoms with Crippen LogP contribution in [0.15, 0.2) is 21.0 Å². The molecule has 0 radical (unpaired) electrons. The SMILES string of the molecule is CCN(CC)CCCn1c(=O)[nH]c2ccsc2c1=O. The molecule has 0 atom stereocenters. The minimum Gasteiger partial charge on any atom is -0.306 e. The summed E-state index contributed by atoms with van der Waals surface area (Å²) in [7, 11) is 0. The van der Waals surface area contributed by atoms with Crippen molar-refractivity contribution < 1.29 is 0 Å². The number of hydrogen-bond acceptors (Lipinski definition) is 4. The molecule has 0 saturated heterocycles. The van der Waals surface area contributed by atoms with Gasteiger partial charge in [-0.3, -0.25) is 9.36 Å². The number of nitrogens with zero attached hydrogens (tertiary/aromatic N) is 2. The molecule has 2 aromatic rings. The van der Waals surface area contributed by atoms with E-state index in [1.165, 1.54) is 15.9 Å². The van der Waals surface area contributed by atoms with Gasteiger partial charge in [-0.05, 0) is 37.5 Å². The maximum absolute atomic E-state index is 12.2. The molecule has 0 fully saturated rings. The van der Waals surface area contributed by atoms with E-state index in [1.54, 1.807) is 6.07 Å². The van der Waals surface area contributed by atoms with Crippen LogP contribution in [0.1, 0.15) is 20.3 Å². The van der Waals surface area contributed by atoms with E-state index in [2.05, 4.69) is 23.7 Å². The van der Waals surface area contributed by atoms with Crippen LogP contribution in [0.2, 0.25) is 0 Å². The Morgan fingerprint density at radius 3 is 2.74 bits per heavy atom. The number of aromatic nitrogens is 2. The molecule has 2 aromatic heterocycles. The van der Waals surface area contributed by atoms with Crippen molar-refractivity contribution in [2.24, 2.45) is 0 Å². The number of fused-ring (bicyclic) bond motifs is 1. The zero-order valence-corrected chi connectivity index (χ0v) is 12.1. The fourth-order valence-electron chi connectivity index (χ4n) is 2.17. The molecule has 0 amide bonds. The second-order valence-electron chi connectivity index (χ2n) is 4.43. The highest BCUT2D eigenvalue weighted by Crippen LogP contribution is 2.11. The van der Waals surface area contributed by atoms with Crippen molar-refractivity contribution in [1.29, 1.82) is 0 Å². The molecule has 5 nitrogen and oxygen atoms in total. The number of aromatic amines is 1. The summed E-state index contributed by atoms with van der Waals surface area (Å²) in [5.41, 5.74) is 0.156. The number of hydrogen-bond donors (Lipinski definition) is 1. The summed E-state index contributed by atoms with van der Waals surface area (Å²) in [5.74, 6) is 0. The highest BCUT2D eigenvalue weighted by Gasteiger charge is 2.08. The molecule has 2 heterocycles. The van der Waals surface area contributed by atoms with E-state index in [0.717, 1.165) is 26.1 Å². The van der Waals surface area contributed by atoms with Crippen molar-refractivity contribution in [2.75, 3.05) is 19.6 Å². The fourth-order valence-corrected chi connectivity index (χ4v) is 2.96. The van der Waals surface area contributed by atoms with Crippen molar-refractivity contribution >= 4 is 21.6 Å². The molecule has 0 unspecified atom stereocenters. The van der Waals surface area contributed by atoms with Gasteiger partial charge in [0.2, 0.25) is 0 Å². The zero-order chi connectivity index (χ0) is 13.8. The van der Waals surface area contributed by atoms with E-state index >= 15 is 0 Å². The molecular weight excluding hydrogens is 262 g/mol. The van der Waals surface area contributed by atoms with Crippen molar-refractivity contribution in [2.45, 2.75) is 26.8 Å². The molecule has 0 aliphatic rings. The highest BCUT2D eigenvalue weighted by atomic mass is 32.1. The predicted octanol–water partition coefficient (Wildman–Crippen LogP) is 1.48. The van der Waals surface area contributed by atoms with Crippen molar-refractivity contribution in [3.63, 3.8) is 0 Å². The quantitative estimate of drug-likeness (QED) is 0.872. The van der Waals surface area contributed by atoms with Crippen molar-refractivity contribution in [3.05, 3.63) is 32.3 Å². The lowest BCUT2D eigenvalue weighted by Crippen LogP contribution is -2.35. The summed E-state index contributed by atoms with van der Waals surface area (Å²) in [4.78, 5) is 29.1. The Kier molecular flexibility index (Phi) is 4.55. The molecule has 0 spiro atoms. The minimum atomic E-state index is -0.310. The zero-order valence-electron chi connectivity index (χ0n) is 11.3. The first-order chi connectivity index (χ1) is 9.17. The van der Waals surface area contributed by atoms with Gasteiger partial charge in [0.25, 0.3) is 5.56 Å². The van der Waals surface area contributed by atoms with Crippen LogP contribution in [0.5, 0.6) is 0 Å². The van der Waals surface area contributed by atoms with Crippen molar-refractivity contribution in [3.8, 4) is 0 Å². The Hall–Kier alpha value is -1.40. The molecule has 0 saturated carbocycles. The van der Waals surface area contributed by atoms with Crippen LogP contribution in [0.25, 0.3) is 10.2 Å². The highest BCUT2D eigenvalue weighted by molar-refractivity contribution is 7.17. The third-order valence-electron chi connectivity index (χ3n) is 3.34. The summed E-state index contributed by atoms with van der Waals surface area (Å²) in [6, 6.07) is 1.77. The molecule has 0 aromatic carbocycles. The Labute approximate surface area is 115 Å². The second-order valence-corrected chi connectivity index (χ2v) is 5.35. The van der Waals surface area contributed by atoms with E-state index in [9.17, 15) is 9.59 Å². The Morgan fingerprint density at radius 1 is 1.32 bits per heavy atom. The molecule has 6 heteroatoms. The third kappa shape index (κ3) is 2.96. The average Bonchev–Trinajstić information content (AvgIpc) is 2.86. The lowest BCUT2D eigenvalue weighted by Gasteiger charge is -2.17. The first-order valence-corrected chi connectivity index (χ1v) is 7.48. The van der Waals surface area contributed by atoms with Gasteiger partial charge in [-0.15, -0.1) is 11.3 Å². The maximum Gasteiger partial charge on any atom is 0.328 e. The van der Waals surface area contributed by atoms with Gasteiger partial charge in [0.05, 0.1) is 5.52 Å². The van der Waals surface area contributed by atoms with E-state index in [4.69, 9.17) is 0 Å². The van der Waals surface area contributed by atoms with Gasteiger partial charge in [-0.2, -0.15) is 0 Å². The van der Waals surface area contributed by atoms with Gasteiger partial charge in [0.15, 0.2) is 0 Å². The van der Waals surface area contributed by atoms with Crippen LogP contribution in [-0.2, 0) is 6.54 Å². The second kappa shape index (κ2) is 6.16. The Morgan fingerprint density at radius 2 is 2.05 bits per heavy atom. The van der Waals surface area contributed by atoms with Gasteiger partial charge in [-0.1, -0.05) is 13.8 Å². The normalized spacial score (nSPS) is 11.5.